The highest BCUT2D eigenvalue weighted by molar-refractivity contribution is 5.74. The summed E-state index contributed by atoms with van der Waals surface area (Å²) in [7, 11) is 4.24. The van der Waals surface area contributed by atoms with E-state index in [9.17, 15) is 4.79 Å². The molecule has 0 aromatic carbocycles. The number of carbonyl (C=O) groups is 1. The van der Waals surface area contributed by atoms with Crippen molar-refractivity contribution in [2.24, 2.45) is 0 Å². The molecule has 24 heavy (non-hydrogen) atoms. The largest absolute Gasteiger partial charge is 0.336 e. The van der Waals surface area contributed by atoms with Crippen molar-refractivity contribution in [2.75, 3.05) is 20.6 Å². The van der Waals surface area contributed by atoms with Gasteiger partial charge in [0.15, 0.2) is 0 Å². The minimum atomic E-state index is -0.0927. The lowest BCUT2D eigenvalue weighted by atomic mass is 9.80. The predicted octanol–water partition coefficient (Wildman–Crippen LogP) is 2.58. The number of aryl methyl sites for hydroxylation is 2. The number of likely N-dealkylation sites (N-methyl/N-ethyl adjacent to an activating group) is 1. The van der Waals surface area contributed by atoms with Crippen molar-refractivity contribution in [1.82, 2.24) is 25.3 Å². The zero-order chi connectivity index (χ0) is 17.7. The van der Waals surface area contributed by atoms with E-state index >= 15 is 0 Å². The monoisotopic (exact) mass is 335 g/mol. The lowest BCUT2D eigenvalue weighted by molar-refractivity contribution is 0.101. The third-order valence-corrected chi connectivity index (χ3v) is 5.57. The van der Waals surface area contributed by atoms with Crippen molar-refractivity contribution in [3.63, 3.8) is 0 Å². The molecule has 2 N–H and O–H groups in total. The molecule has 6 nitrogen and oxygen atoms in total. The van der Waals surface area contributed by atoms with Crippen molar-refractivity contribution >= 4 is 6.03 Å². The van der Waals surface area contributed by atoms with Crippen molar-refractivity contribution in [2.45, 2.75) is 71.5 Å². The summed E-state index contributed by atoms with van der Waals surface area (Å²) in [6, 6.07) is -0.0927. The van der Waals surface area contributed by atoms with Crippen LogP contribution in [0.1, 0.15) is 56.0 Å². The first-order valence-electron chi connectivity index (χ1n) is 9.11. The van der Waals surface area contributed by atoms with E-state index in [-0.39, 0.29) is 11.6 Å². The summed E-state index contributed by atoms with van der Waals surface area (Å²) in [5, 5.41) is 10.6. The Balaban J connectivity index is 1.88. The summed E-state index contributed by atoms with van der Waals surface area (Å²) in [5.41, 5.74) is 3.35. The summed E-state index contributed by atoms with van der Waals surface area (Å²) in [6.07, 6.45) is 6.11. The number of rotatable bonds is 6. The molecular formula is C18H33N5O. The van der Waals surface area contributed by atoms with Gasteiger partial charge in [-0.2, -0.15) is 5.10 Å². The van der Waals surface area contributed by atoms with Crippen LogP contribution in [0.4, 0.5) is 4.79 Å². The van der Waals surface area contributed by atoms with Gasteiger partial charge >= 0.3 is 6.03 Å². The van der Waals surface area contributed by atoms with E-state index in [1.807, 2.05) is 11.6 Å². The zero-order valence-corrected chi connectivity index (χ0v) is 15.9. The predicted molar refractivity (Wildman–Crippen MR) is 97.1 cm³/mol. The number of urea groups is 1. The van der Waals surface area contributed by atoms with Crippen molar-refractivity contribution < 1.29 is 4.79 Å². The van der Waals surface area contributed by atoms with Crippen LogP contribution in [0.25, 0.3) is 0 Å². The van der Waals surface area contributed by atoms with E-state index in [1.165, 1.54) is 19.3 Å². The fraction of sp³-hybridized carbons (Fsp3) is 0.778. The third-order valence-electron chi connectivity index (χ3n) is 5.57. The molecule has 1 aliphatic rings. The molecule has 0 saturated heterocycles. The minimum Gasteiger partial charge on any atom is -0.336 e. The van der Waals surface area contributed by atoms with Gasteiger partial charge < -0.3 is 15.5 Å². The fourth-order valence-corrected chi connectivity index (χ4v) is 3.77. The van der Waals surface area contributed by atoms with Crippen molar-refractivity contribution in [1.29, 1.82) is 0 Å². The first-order chi connectivity index (χ1) is 11.4. The lowest BCUT2D eigenvalue weighted by Gasteiger charge is -2.43. The Hall–Kier alpha value is -1.56. The van der Waals surface area contributed by atoms with Crippen LogP contribution in [-0.4, -0.2) is 46.9 Å². The van der Waals surface area contributed by atoms with Crippen molar-refractivity contribution in [3.8, 4) is 0 Å². The van der Waals surface area contributed by atoms with E-state index in [2.05, 4.69) is 48.6 Å². The molecule has 1 heterocycles. The summed E-state index contributed by atoms with van der Waals surface area (Å²) < 4.78 is 1.98. The molecule has 6 heteroatoms. The van der Waals surface area contributed by atoms with Gasteiger partial charge in [0.1, 0.15) is 0 Å². The van der Waals surface area contributed by atoms with Crippen molar-refractivity contribution in [3.05, 3.63) is 17.0 Å². The molecule has 136 valence electrons. The smallest absolute Gasteiger partial charge is 0.315 e. The second-order valence-electron chi connectivity index (χ2n) is 7.18. The Morgan fingerprint density at radius 3 is 2.42 bits per heavy atom. The number of hydrogen-bond donors (Lipinski definition) is 2. The van der Waals surface area contributed by atoms with Crippen LogP contribution in [0.5, 0.6) is 0 Å². The Bertz CT molecular complexity index is 558. The maximum absolute atomic E-state index is 12.3. The highest BCUT2D eigenvalue weighted by Gasteiger charge is 2.34. The third kappa shape index (κ3) is 4.09. The first kappa shape index (κ1) is 18.8. The Morgan fingerprint density at radius 1 is 1.21 bits per heavy atom. The molecule has 1 aromatic rings. The molecule has 0 spiro atoms. The van der Waals surface area contributed by atoms with Crippen LogP contribution in [0.15, 0.2) is 0 Å². The molecule has 1 aliphatic carbocycles. The van der Waals surface area contributed by atoms with Gasteiger partial charge in [0, 0.05) is 36.4 Å². The van der Waals surface area contributed by atoms with E-state index in [1.54, 1.807) is 0 Å². The number of aromatic nitrogens is 2. The van der Waals surface area contributed by atoms with E-state index in [4.69, 9.17) is 0 Å². The van der Waals surface area contributed by atoms with Gasteiger partial charge in [-0.3, -0.25) is 4.68 Å². The van der Waals surface area contributed by atoms with E-state index in [0.717, 1.165) is 36.3 Å². The fourth-order valence-electron chi connectivity index (χ4n) is 3.77. The highest BCUT2D eigenvalue weighted by Crippen LogP contribution is 2.31. The molecule has 1 saturated carbocycles. The minimum absolute atomic E-state index is 0.0927. The Kier molecular flexibility index (Phi) is 6.27. The normalized spacial score (nSPS) is 17.1. The first-order valence-corrected chi connectivity index (χ1v) is 9.11. The van der Waals surface area contributed by atoms with Crippen LogP contribution in [0.2, 0.25) is 0 Å². The number of hydrogen-bond acceptors (Lipinski definition) is 3. The second kappa shape index (κ2) is 8.01. The molecule has 1 aromatic heterocycles. The number of amides is 2. The van der Waals surface area contributed by atoms with Crippen LogP contribution >= 0.6 is 0 Å². The maximum Gasteiger partial charge on any atom is 0.315 e. The quantitative estimate of drug-likeness (QED) is 0.840. The molecule has 2 rings (SSSR count). The van der Waals surface area contributed by atoms with Crippen LogP contribution in [0, 0.1) is 13.8 Å². The lowest BCUT2D eigenvalue weighted by Crippen LogP contribution is -2.55. The summed E-state index contributed by atoms with van der Waals surface area (Å²) in [6.45, 7) is 8.22. The molecule has 2 amide bonds. The van der Waals surface area contributed by atoms with Crippen LogP contribution < -0.4 is 10.6 Å². The van der Waals surface area contributed by atoms with Crippen LogP contribution in [-0.2, 0) is 13.1 Å². The van der Waals surface area contributed by atoms with Gasteiger partial charge in [0.2, 0.25) is 0 Å². The van der Waals surface area contributed by atoms with Gasteiger partial charge in [-0.15, -0.1) is 0 Å². The van der Waals surface area contributed by atoms with E-state index < -0.39 is 0 Å². The van der Waals surface area contributed by atoms with Gasteiger partial charge in [0.05, 0.1) is 5.69 Å². The highest BCUT2D eigenvalue weighted by atomic mass is 16.2. The van der Waals surface area contributed by atoms with Gasteiger partial charge in [0.25, 0.3) is 0 Å². The van der Waals surface area contributed by atoms with E-state index in [0.29, 0.717) is 13.1 Å². The Morgan fingerprint density at radius 2 is 1.88 bits per heavy atom. The number of carbonyl (C=O) groups excluding carboxylic acids is 1. The van der Waals surface area contributed by atoms with Gasteiger partial charge in [-0.05, 0) is 47.7 Å². The van der Waals surface area contributed by atoms with Crippen LogP contribution in [0.3, 0.4) is 0 Å². The van der Waals surface area contributed by atoms with Gasteiger partial charge in [-0.25, -0.2) is 4.79 Å². The molecule has 0 unspecified atom stereocenters. The molecule has 0 atom stereocenters. The maximum atomic E-state index is 12.3. The molecule has 1 fully saturated rings. The second-order valence-corrected chi connectivity index (χ2v) is 7.18. The number of nitrogens with one attached hydrogen (secondary N) is 2. The average molecular weight is 335 g/mol. The average Bonchev–Trinajstić information content (AvgIpc) is 2.85. The standard InChI is InChI=1S/C18H33N5O/c1-6-23-15(3)16(14(2)21-23)12-19-17(24)20-13-18(22(4)5)10-8-7-9-11-18/h6-13H2,1-5H3,(H2,19,20,24). The topological polar surface area (TPSA) is 62.2 Å². The number of nitrogens with zero attached hydrogens (tertiary/aromatic N) is 3. The molecule has 0 bridgehead atoms. The Labute approximate surface area is 146 Å². The molecule has 0 radical (unpaired) electrons. The molecule has 0 aliphatic heterocycles. The summed E-state index contributed by atoms with van der Waals surface area (Å²) in [5.74, 6) is 0. The summed E-state index contributed by atoms with van der Waals surface area (Å²) >= 11 is 0. The zero-order valence-electron chi connectivity index (χ0n) is 15.9. The molecular weight excluding hydrogens is 302 g/mol. The SMILES string of the molecule is CCn1nc(C)c(CNC(=O)NCC2(N(C)C)CCCCC2)c1C. The summed E-state index contributed by atoms with van der Waals surface area (Å²) in [4.78, 5) is 14.5. The van der Waals surface area contributed by atoms with Gasteiger partial charge in [-0.1, -0.05) is 19.3 Å².